The zero-order valence-corrected chi connectivity index (χ0v) is 10.1. The minimum absolute atomic E-state index is 0.398. The quantitative estimate of drug-likeness (QED) is 0.883. The number of nitrogen functional groups attached to an aromatic ring is 1. The van der Waals surface area contributed by atoms with Crippen LogP contribution in [0.1, 0.15) is 12.8 Å². The molecule has 1 aliphatic rings. The number of hydrogen-bond acceptors (Lipinski definition) is 4. The largest absolute Gasteiger partial charge is 0.397 e. The fraction of sp³-hybridized carbons (Fsp3) is 0.500. The molecule has 0 spiro atoms. The molecular formula is C10H14BrN3O. The molecule has 0 bridgehead atoms. The van der Waals surface area contributed by atoms with Crippen molar-refractivity contribution in [3.05, 3.63) is 16.7 Å². The van der Waals surface area contributed by atoms with Crippen LogP contribution in [0, 0.1) is 0 Å². The summed E-state index contributed by atoms with van der Waals surface area (Å²) in [7, 11) is 1.75. The van der Waals surface area contributed by atoms with E-state index in [-0.39, 0.29) is 0 Å². The maximum atomic E-state index is 5.61. The molecule has 1 saturated carbocycles. The lowest BCUT2D eigenvalue weighted by Gasteiger charge is -2.35. The Bertz CT molecular complexity index is 353. The number of ether oxygens (including phenoxy) is 1. The third-order valence-corrected chi connectivity index (χ3v) is 3.24. The van der Waals surface area contributed by atoms with E-state index in [1.165, 1.54) is 0 Å². The molecular weight excluding hydrogens is 258 g/mol. The maximum Gasteiger partial charge on any atom is 0.140 e. The lowest BCUT2D eigenvalue weighted by Crippen LogP contribution is -2.40. The lowest BCUT2D eigenvalue weighted by molar-refractivity contribution is 0.0328. The van der Waals surface area contributed by atoms with Crippen molar-refractivity contribution in [2.45, 2.75) is 25.0 Å². The number of rotatable bonds is 3. The van der Waals surface area contributed by atoms with E-state index in [2.05, 4.69) is 26.2 Å². The van der Waals surface area contributed by atoms with Gasteiger partial charge in [-0.05, 0) is 34.8 Å². The van der Waals surface area contributed by atoms with E-state index in [4.69, 9.17) is 10.5 Å². The van der Waals surface area contributed by atoms with Crippen LogP contribution in [0.5, 0.6) is 0 Å². The molecule has 2 rings (SSSR count). The van der Waals surface area contributed by atoms with Gasteiger partial charge in [-0.25, -0.2) is 4.98 Å². The highest BCUT2D eigenvalue weighted by molar-refractivity contribution is 9.10. The highest BCUT2D eigenvalue weighted by atomic mass is 79.9. The SMILES string of the molecule is COC1CC(Nc2ncc(N)cc2Br)C1. The van der Waals surface area contributed by atoms with Gasteiger partial charge in [-0.1, -0.05) is 0 Å². The van der Waals surface area contributed by atoms with Gasteiger partial charge in [-0.2, -0.15) is 0 Å². The molecule has 15 heavy (non-hydrogen) atoms. The molecule has 0 saturated heterocycles. The molecule has 1 heterocycles. The van der Waals surface area contributed by atoms with Crippen LogP contribution in [0.3, 0.4) is 0 Å². The number of nitrogens with two attached hydrogens (primary N) is 1. The van der Waals surface area contributed by atoms with Crippen molar-refractivity contribution in [1.29, 1.82) is 0 Å². The molecule has 0 radical (unpaired) electrons. The smallest absolute Gasteiger partial charge is 0.140 e. The Kier molecular flexibility index (Phi) is 3.11. The highest BCUT2D eigenvalue weighted by Gasteiger charge is 2.29. The summed E-state index contributed by atoms with van der Waals surface area (Å²) >= 11 is 3.42. The Morgan fingerprint density at radius 3 is 2.93 bits per heavy atom. The molecule has 1 fully saturated rings. The van der Waals surface area contributed by atoms with Crippen molar-refractivity contribution in [3.8, 4) is 0 Å². The normalized spacial score (nSPS) is 24.7. The fourth-order valence-corrected chi connectivity index (χ4v) is 2.11. The molecule has 0 aromatic carbocycles. The van der Waals surface area contributed by atoms with E-state index in [1.807, 2.05) is 6.07 Å². The van der Waals surface area contributed by atoms with Gasteiger partial charge < -0.3 is 15.8 Å². The molecule has 0 unspecified atom stereocenters. The monoisotopic (exact) mass is 271 g/mol. The van der Waals surface area contributed by atoms with Crippen molar-refractivity contribution >= 4 is 27.4 Å². The second-order valence-electron chi connectivity index (χ2n) is 3.77. The Hall–Kier alpha value is -0.810. The van der Waals surface area contributed by atoms with E-state index in [9.17, 15) is 0 Å². The van der Waals surface area contributed by atoms with Crippen LogP contribution in [0.15, 0.2) is 16.7 Å². The van der Waals surface area contributed by atoms with Gasteiger partial charge in [-0.3, -0.25) is 0 Å². The zero-order valence-electron chi connectivity index (χ0n) is 8.53. The topological polar surface area (TPSA) is 60.2 Å². The van der Waals surface area contributed by atoms with E-state index < -0.39 is 0 Å². The zero-order chi connectivity index (χ0) is 10.8. The number of aromatic nitrogens is 1. The standard InChI is InChI=1S/C10H14BrN3O/c1-15-8-3-7(4-8)14-10-9(11)2-6(12)5-13-10/h2,5,7-8H,3-4,12H2,1H3,(H,13,14). The van der Waals surface area contributed by atoms with E-state index in [1.54, 1.807) is 13.3 Å². The molecule has 0 amide bonds. The Morgan fingerprint density at radius 2 is 2.33 bits per heavy atom. The number of nitrogens with one attached hydrogen (secondary N) is 1. The minimum Gasteiger partial charge on any atom is -0.397 e. The van der Waals surface area contributed by atoms with Crippen molar-refractivity contribution in [2.24, 2.45) is 0 Å². The number of pyridine rings is 1. The van der Waals surface area contributed by atoms with Crippen LogP contribution >= 0.6 is 15.9 Å². The van der Waals surface area contributed by atoms with Crippen LogP contribution in [0.4, 0.5) is 11.5 Å². The molecule has 1 aliphatic carbocycles. The summed E-state index contributed by atoms with van der Waals surface area (Å²) in [4.78, 5) is 4.23. The second kappa shape index (κ2) is 4.37. The number of methoxy groups -OCH3 is 1. The fourth-order valence-electron chi connectivity index (χ4n) is 1.63. The summed E-state index contributed by atoms with van der Waals surface area (Å²) in [5.41, 5.74) is 6.27. The van der Waals surface area contributed by atoms with Gasteiger partial charge in [0.05, 0.1) is 22.5 Å². The lowest BCUT2D eigenvalue weighted by atomic mass is 9.89. The summed E-state index contributed by atoms with van der Waals surface area (Å²) in [5.74, 6) is 0.851. The summed E-state index contributed by atoms with van der Waals surface area (Å²) in [6, 6.07) is 2.31. The summed E-state index contributed by atoms with van der Waals surface area (Å²) in [5, 5.41) is 3.34. The van der Waals surface area contributed by atoms with E-state index >= 15 is 0 Å². The Balaban J connectivity index is 1.94. The number of hydrogen-bond donors (Lipinski definition) is 2. The highest BCUT2D eigenvalue weighted by Crippen LogP contribution is 2.29. The first-order valence-corrected chi connectivity index (χ1v) is 5.68. The summed E-state index contributed by atoms with van der Waals surface area (Å²) < 4.78 is 6.12. The van der Waals surface area contributed by atoms with Crippen LogP contribution in [-0.2, 0) is 4.74 Å². The summed E-state index contributed by atoms with van der Waals surface area (Å²) in [6.45, 7) is 0. The molecule has 3 N–H and O–H groups in total. The maximum absolute atomic E-state index is 5.61. The van der Waals surface area contributed by atoms with Crippen LogP contribution in [0.2, 0.25) is 0 Å². The molecule has 0 atom stereocenters. The average Bonchev–Trinajstić information content (AvgIpc) is 2.13. The first-order chi connectivity index (χ1) is 7.19. The van der Waals surface area contributed by atoms with Gasteiger partial charge in [0.15, 0.2) is 0 Å². The number of halogens is 1. The molecule has 1 aromatic rings. The molecule has 1 aromatic heterocycles. The van der Waals surface area contributed by atoms with E-state index in [0.29, 0.717) is 17.8 Å². The van der Waals surface area contributed by atoms with Gasteiger partial charge in [0.1, 0.15) is 5.82 Å². The van der Waals surface area contributed by atoms with Crippen LogP contribution in [0.25, 0.3) is 0 Å². The van der Waals surface area contributed by atoms with Crippen LogP contribution in [-0.4, -0.2) is 24.2 Å². The van der Waals surface area contributed by atoms with Gasteiger partial charge in [-0.15, -0.1) is 0 Å². The Morgan fingerprint density at radius 1 is 1.60 bits per heavy atom. The molecule has 82 valence electrons. The third kappa shape index (κ3) is 2.41. The predicted octanol–water partition coefficient (Wildman–Crippen LogP) is 2.02. The van der Waals surface area contributed by atoms with Crippen molar-refractivity contribution in [3.63, 3.8) is 0 Å². The van der Waals surface area contributed by atoms with E-state index in [0.717, 1.165) is 23.1 Å². The van der Waals surface area contributed by atoms with Crippen molar-refractivity contribution in [2.75, 3.05) is 18.2 Å². The van der Waals surface area contributed by atoms with Gasteiger partial charge in [0.2, 0.25) is 0 Å². The van der Waals surface area contributed by atoms with Gasteiger partial charge in [0.25, 0.3) is 0 Å². The van der Waals surface area contributed by atoms with Crippen molar-refractivity contribution in [1.82, 2.24) is 4.98 Å². The molecule has 5 heteroatoms. The van der Waals surface area contributed by atoms with Gasteiger partial charge in [0, 0.05) is 13.2 Å². The molecule has 0 aliphatic heterocycles. The Labute approximate surface area is 97.3 Å². The predicted molar refractivity (Wildman–Crippen MR) is 63.8 cm³/mol. The number of anilines is 2. The minimum atomic E-state index is 0.398. The molecule has 4 nitrogen and oxygen atoms in total. The summed E-state index contributed by atoms with van der Waals surface area (Å²) in [6.07, 6.45) is 4.12. The van der Waals surface area contributed by atoms with Crippen molar-refractivity contribution < 1.29 is 4.74 Å². The first-order valence-electron chi connectivity index (χ1n) is 4.89. The van der Waals surface area contributed by atoms with Gasteiger partial charge >= 0.3 is 0 Å². The first kappa shape index (κ1) is 10.7. The van der Waals surface area contributed by atoms with Crippen LogP contribution < -0.4 is 11.1 Å². The average molecular weight is 272 g/mol. The number of nitrogens with zero attached hydrogens (tertiary/aromatic N) is 1. The second-order valence-corrected chi connectivity index (χ2v) is 4.62. The third-order valence-electron chi connectivity index (χ3n) is 2.63.